The second kappa shape index (κ2) is 6.60. The summed E-state index contributed by atoms with van der Waals surface area (Å²) in [5, 5.41) is 4.07. The number of fused-ring (bicyclic) bond motifs is 1. The zero-order chi connectivity index (χ0) is 14.5. The molecule has 108 valence electrons. The molecule has 2 aromatic rings. The average Bonchev–Trinajstić information content (AvgIpc) is 2.82. The summed E-state index contributed by atoms with van der Waals surface area (Å²) >= 11 is 0. The largest absolute Gasteiger partial charge is 0.360 e. The zero-order valence-electron chi connectivity index (χ0n) is 12.6. The molecule has 0 bridgehead atoms. The molecule has 1 amide bonds. The van der Waals surface area contributed by atoms with Gasteiger partial charge in [-0.2, -0.15) is 0 Å². The predicted octanol–water partition coefficient (Wildman–Crippen LogP) is 4.11. The molecule has 2 rings (SSSR count). The first-order valence-electron chi connectivity index (χ1n) is 7.45. The number of aromatic amines is 1. The van der Waals surface area contributed by atoms with Gasteiger partial charge in [0.15, 0.2) is 0 Å². The van der Waals surface area contributed by atoms with Crippen LogP contribution in [0.3, 0.4) is 0 Å². The van der Waals surface area contributed by atoms with Crippen LogP contribution in [0.5, 0.6) is 0 Å². The maximum atomic E-state index is 12.3. The van der Waals surface area contributed by atoms with E-state index in [0.29, 0.717) is 0 Å². The van der Waals surface area contributed by atoms with Crippen LogP contribution >= 0.6 is 0 Å². The molecule has 0 aliphatic rings. The Morgan fingerprint density at radius 3 is 2.70 bits per heavy atom. The Bertz CT molecular complexity index is 571. The van der Waals surface area contributed by atoms with Crippen LogP contribution in [-0.2, 0) is 0 Å². The quantitative estimate of drug-likeness (QED) is 0.816. The van der Waals surface area contributed by atoms with Crippen molar-refractivity contribution in [3.8, 4) is 0 Å². The molecule has 1 aromatic carbocycles. The summed E-state index contributed by atoms with van der Waals surface area (Å²) in [5.41, 5.74) is 1.74. The highest BCUT2D eigenvalue weighted by atomic mass is 16.1. The Balaban J connectivity index is 1.94. The van der Waals surface area contributed by atoms with Gasteiger partial charge in [0.1, 0.15) is 0 Å². The number of para-hydroxylation sites is 1. The van der Waals surface area contributed by atoms with Gasteiger partial charge in [-0.1, -0.05) is 44.9 Å². The molecule has 1 heterocycles. The number of carbonyl (C=O) groups excluding carboxylic acids is 1. The number of H-pyrrole nitrogens is 1. The van der Waals surface area contributed by atoms with Gasteiger partial charge >= 0.3 is 0 Å². The maximum Gasteiger partial charge on any atom is 0.253 e. The van der Waals surface area contributed by atoms with E-state index in [-0.39, 0.29) is 11.9 Å². The van der Waals surface area contributed by atoms with Crippen molar-refractivity contribution in [1.82, 2.24) is 10.3 Å². The van der Waals surface area contributed by atoms with Crippen molar-refractivity contribution >= 4 is 16.8 Å². The molecule has 3 nitrogen and oxygen atoms in total. The number of hydrogen-bond donors (Lipinski definition) is 2. The second-order valence-electron chi connectivity index (χ2n) is 5.95. The minimum atomic E-state index is 0.0134. The van der Waals surface area contributed by atoms with Crippen molar-refractivity contribution in [2.75, 3.05) is 0 Å². The third kappa shape index (κ3) is 3.62. The van der Waals surface area contributed by atoms with Gasteiger partial charge in [-0.3, -0.25) is 4.79 Å². The van der Waals surface area contributed by atoms with E-state index in [1.165, 1.54) is 6.42 Å². The van der Waals surface area contributed by atoms with Gasteiger partial charge in [0, 0.05) is 23.1 Å². The lowest BCUT2D eigenvalue weighted by Gasteiger charge is -2.14. The summed E-state index contributed by atoms with van der Waals surface area (Å²) in [6, 6.07) is 8.10. The third-order valence-electron chi connectivity index (χ3n) is 3.63. The first-order valence-corrected chi connectivity index (χ1v) is 7.45. The third-order valence-corrected chi connectivity index (χ3v) is 3.63. The molecule has 0 fully saturated rings. The molecular formula is C17H24N2O. The standard InChI is InChI=1S/C17H24N2O/c1-12(2)7-6-8-13(3)19-17(20)15-11-18-16-10-5-4-9-14(15)16/h4-5,9-13,18H,6-8H2,1-3H3,(H,19,20). The Labute approximate surface area is 120 Å². The van der Waals surface area contributed by atoms with Gasteiger partial charge in [0.25, 0.3) is 5.91 Å². The first kappa shape index (κ1) is 14.6. The fraction of sp³-hybridized carbons (Fsp3) is 0.471. The number of benzene rings is 1. The Hall–Kier alpha value is -1.77. The van der Waals surface area contributed by atoms with E-state index in [4.69, 9.17) is 0 Å². The second-order valence-corrected chi connectivity index (χ2v) is 5.95. The fourth-order valence-electron chi connectivity index (χ4n) is 2.47. The molecule has 0 radical (unpaired) electrons. The molecule has 1 unspecified atom stereocenters. The normalized spacial score (nSPS) is 12.8. The Morgan fingerprint density at radius 1 is 1.20 bits per heavy atom. The van der Waals surface area contributed by atoms with Crippen LogP contribution in [0.4, 0.5) is 0 Å². The van der Waals surface area contributed by atoms with Crippen molar-refractivity contribution in [3.63, 3.8) is 0 Å². The van der Waals surface area contributed by atoms with E-state index >= 15 is 0 Å². The van der Waals surface area contributed by atoms with E-state index in [1.54, 1.807) is 6.20 Å². The highest BCUT2D eigenvalue weighted by molar-refractivity contribution is 6.06. The van der Waals surface area contributed by atoms with Gasteiger partial charge in [0.2, 0.25) is 0 Å². The number of aromatic nitrogens is 1. The van der Waals surface area contributed by atoms with Crippen molar-refractivity contribution in [1.29, 1.82) is 0 Å². The minimum absolute atomic E-state index is 0.0134. The maximum absolute atomic E-state index is 12.3. The summed E-state index contributed by atoms with van der Waals surface area (Å²) in [4.78, 5) is 15.4. The molecule has 0 saturated carbocycles. The monoisotopic (exact) mass is 272 g/mol. The molecule has 0 aliphatic carbocycles. The lowest BCUT2D eigenvalue weighted by molar-refractivity contribution is 0.0939. The summed E-state index contributed by atoms with van der Waals surface area (Å²) in [6.45, 7) is 6.54. The summed E-state index contributed by atoms with van der Waals surface area (Å²) in [6.07, 6.45) is 5.20. The highest BCUT2D eigenvalue weighted by Gasteiger charge is 2.13. The lowest BCUT2D eigenvalue weighted by Crippen LogP contribution is -2.32. The Morgan fingerprint density at radius 2 is 1.95 bits per heavy atom. The van der Waals surface area contributed by atoms with E-state index in [9.17, 15) is 4.79 Å². The SMILES string of the molecule is CC(C)CCCC(C)NC(=O)c1c[nH]c2ccccc12. The van der Waals surface area contributed by atoms with E-state index in [1.807, 2.05) is 24.3 Å². The molecule has 0 spiro atoms. The van der Waals surface area contributed by atoms with E-state index in [0.717, 1.165) is 35.2 Å². The molecule has 2 N–H and O–H groups in total. The number of nitrogens with one attached hydrogen (secondary N) is 2. The van der Waals surface area contributed by atoms with Gasteiger partial charge < -0.3 is 10.3 Å². The van der Waals surface area contributed by atoms with Crippen molar-refractivity contribution in [2.24, 2.45) is 5.92 Å². The van der Waals surface area contributed by atoms with E-state index in [2.05, 4.69) is 31.1 Å². The fourth-order valence-corrected chi connectivity index (χ4v) is 2.47. The number of amides is 1. The van der Waals surface area contributed by atoms with Gasteiger partial charge in [-0.05, 0) is 25.3 Å². The molecule has 1 aromatic heterocycles. The minimum Gasteiger partial charge on any atom is -0.360 e. The van der Waals surface area contributed by atoms with Crippen LogP contribution in [0.15, 0.2) is 30.5 Å². The van der Waals surface area contributed by atoms with Crippen LogP contribution in [0, 0.1) is 5.92 Å². The average molecular weight is 272 g/mol. The van der Waals surface area contributed by atoms with Crippen molar-refractivity contribution < 1.29 is 4.79 Å². The predicted molar refractivity (Wildman–Crippen MR) is 83.9 cm³/mol. The molecule has 1 atom stereocenters. The lowest BCUT2D eigenvalue weighted by atomic mass is 10.0. The summed E-state index contributed by atoms with van der Waals surface area (Å²) < 4.78 is 0. The van der Waals surface area contributed by atoms with Gasteiger partial charge in [-0.15, -0.1) is 0 Å². The van der Waals surface area contributed by atoms with Crippen molar-refractivity contribution in [3.05, 3.63) is 36.0 Å². The van der Waals surface area contributed by atoms with Crippen LogP contribution in [0.2, 0.25) is 0 Å². The molecule has 3 heteroatoms. The summed E-state index contributed by atoms with van der Waals surface area (Å²) in [7, 11) is 0. The molecular weight excluding hydrogens is 248 g/mol. The molecule has 0 aliphatic heterocycles. The first-order chi connectivity index (χ1) is 9.58. The number of carbonyl (C=O) groups is 1. The van der Waals surface area contributed by atoms with Crippen LogP contribution < -0.4 is 5.32 Å². The number of rotatable bonds is 6. The topological polar surface area (TPSA) is 44.9 Å². The molecule has 0 saturated heterocycles. The summed E-state index contributed by atoms with van der Waals surface area (Å²) in [5.74, 6) is 0.742. The van der Waals surface area contributed by atoms with Crippen LogP contribution in [0.1, 0.15) is 50.4 Å². The smallest absolute Gasteiger partial charge is 0.253 e. The molecule has 20 heavy (non-hydrogen) atoms. The van der Waals surface area contributed by atoms with E-state index < -0.39 is 0 Å². The van der Waals surface area contributed by atoms with Gasteiger partial charge in [0.05, 0.1) is 5.56 Å². The van der Waals surface area contributed by atoms with Gasteiger partial charge in [-0.25, -0.2) is 0 Å². The zero-order valence-corrected chi connectivity index (χ0v) is 12.6. The van der Waals surface area contributed by atoms with Crippen LogP contribution in [-0.4, -0.2) is 16.9 Å². The van der Waals surface area contributed by atoms with Crippen molar-refractivity contribution in [2.45, 2.75) is 46.1 Å². The van der Waals surface area contributed by atoms with Crippen LogP contribution in [0.25, 0.3) is 10.9 Å². The number of hydrogen-bond acceptors (Lipinski definition) is 1. The Kier molecular flexibility index (Phi) is 4.83. The highest BCUT2D eigenvalue weighted by Crippen LogP contribution is 2.18.